The van der Waals surface area contributed by atoms with E-state index in [2.05, 4.69) is 38.6 Å². The number of hydrogen-bond donors (Lipinski definition) is 2. The van der Waals surface area contributed by atoms with Gasteiger partial charge >= 0.3 is 6.03 Å². The number of aryl methyl sites for hydroxylation is 1. The van der Waals surface area contributed by atoms with Crippen molar-refractivity contribution >= 4 is 28.2 Å². The minimum atomic E-state index is -0.200. The third kappa shape index (κ3) is 4.79. The lowest BCUT2D eigenvalue weighted by atomic mass is 9.93. The van der Waals surface area contributed by atoms with Gasteiger partial charge in [-0.15, -0.1) is 11.3 Å². The Kier molecular flexibility index (Phi) is 6.27. The number of nitrogens with one attached hydrogen (secondary N) is 2. The third-order valence-corrected chi connectivity index (χ3v) is 6.27. The summed E-state index contributed by atoms with van der Waals surface area (Å²) in [5.74, 6) is 1.48. The summed E-state index contributed by atoms with van der Waals surface area (Å²) in [5, 5.41) is 10.4. The lowest BCUT2D eigenvalue weighted by Crippen LogP contribution is -2.34. The molecule has 0 aliphatic carbocycles. The third-order valence-electron chi connectivity index (χ3n) is 5.34. The number of thiazole rings is 1. The van der Waals surface area contributed by atoms with E-state index in [9.17, 15) is 4.79 Å². The van der Waals surface area contributed by atoms with Crippen LogP contribution in [0.5, 0.6) is 0 Å². The maximum atomic E-state index is 11.6. The fraction of sp³-hybridized carbons (Fsp3) is 0.429. The van der Waals surface area contributed by atoms with E-state index >= 15 is 0 Å². The van der Waals surface area contributed by atoms with Gasteiger partial charge in [-0.3, -0.25) is 5.32 Å². The second-order valence-corrected chi connectivity index (χ2v) is 8.59. The smallest absolute Gasteiger partial charge is 0.321 e. The largest absolute Gasteiger partial charge is 0.370 e. The minimum absolute atomic E-state index is 0.200. The summed E-state index contributed by atoms with van der Waals surface area (Å²) in [6, 6.07) is 5.89. The lowest BCUT2D eigenvalue weighted by Gasteiger charge is -2.34. The number of urea groups is 1. The van der Waals surface area contributed by atoms with Crippen LogP contribution in [0, 0.1) is 12.8 Å². The number of amides is 2. The van der Waals surface area contributed by atoms with Crippen LogP contribution in [0.1, 0.15) is 30.3 Å². The van der Waals surface area contributed by atoms with Gasteiger partial charge in [0.05, 0.1) is 11.4 Å². The van der Waals surface area contributed by atoms with E-state index in [1.54, 1.807) is 22.2 Å². The van der Waals surface area contributed by atoms with E-state index in [1.807, 2.05) is 31.5 Å². The van der Waals surface area contributed by atoms with Crippen LogP contribution in [0.2, 0.25) is 0 Å². The molecule has 30 heavy (non-hydrogen) atoms. The van der Waals surface area contributed by atoms with Crippen LogP contribution in [-0.2, 0) is 6.42 Å². The fourth-order valence-corrected chi connectivity index (χ4v) is 4.75. The summed E-state index contributed by atoms with van der Waals surface area (Å²) in [4.78, 5) is 24.3. The number of nitrogens with zero attached hydrogens (tertiary/aromatic N) is 5. The van der Waals surface area contributed by atoms with E-state index in [4.69, 9.17) is 4.98 Å². The molecule has 0 unspecified atom stereocenters. The predicted octanol–water partition coefficient (Wildman–Crippen LogP) is 3.63. The summed E-state index contributed by atoms with van der Waals surface area (Å²) in [5.41, 5.74) is 2.24. The number of carbonyl (C=O) groups is 1. The molecule has 0 aromatic carbocycles. The van der Waals surface area contributed by atoms with Crippen LogP contribution in [-0.4, -0.2) is 45.4 Å². The Bertz CT molecular complexity index is 977. The van der Waals surface area contributed by atoms with Gasteiger partial charge in [-0.25, -0.2) is 19.4 Å². The lowest BCUT2D eigenvalue weighted by molar-refractivity contribution is 0.252. The quantitative estimate of drug-likeness (QED) is 0.630. The standard InChI is InChI=1S/C21H27N7OS/c1-3-22-20(29)26-21-23-14-17(30-21)13-16-7-11-27(12-8-16)18-5-6-19(25-15(18)2)28-10-4-9-24-28/h4-6,9-10,14,16H,3,7-8,11-13H2,1-2H3,(H2,22,23,26,29). The first-order valence-electron chi connectivity index (χ1n) is 10.3. The van der Waals surface area contributed by atoms with Crippen LogP contribution in [0.15, 0.2) is 36.8 Å². The van der Waals surface area contributed by atoms with Crippen LogP contribution in [0.3, 0.4) is 0 Å². The molecule has 158 valence electrons. The van der Waals surface area contributed by atoms with Crippen molar-refractivity contribution in [3.05, 3.63) is 47.4 Å². The molecule has 0 radical (unpaired) electrons. The molecule has 0 saturated carbocycles. The average Bonchev–Trinajstić information content (AvgIpc) is 3.41. The van der Waals surface area contributed by atoms with Gasteiger partial charge in [0.15, 0.2) is 10.9 Å². The molecule has 1 saturated heterocycles. The van der Waals surface area contributed by atoms with Gasteiger partial charge in [-0.05, 0) is 57.2 Å². The summed E-state index contributed by atoms with van der Waals surface area (Å²) in [7, 11) is 0. The molecule has 9 heteroatoms. The Labute approximate surface area is 180 Å². The Morgan fingerprint density at radius 2 is 2.13 bits per heavy atom. The van der Waals surface area contributed by atoms with Gasteiger partial charge in [-0.1, -0.05) is 0 Å². The zero-order valence-electron chi connectivity index (χ0n) is 17.3. The van der Waals surface area contributed by atoms with Gasteiger partial charge in [0.25, 0.3) is 0 Å². The van der Waals surface area contributed by atoms with Crippen molar-refractivity contribution in [3.63, 3.8) is 0 Å². The molecule has 4 heterocycles. The highest BCUT2D eigenvalue weighted by Crippen LogP contribution is 2.29. The summed E-state index contributed by atoms with van der Waals surface area (Å²) >= 11 is 1.57. The summed E-state index contributed by atoms with van der Waals surface area (Å²) < 4.78 is 1.78. The van der Waals surface area contributed by atoms with E-state index in [0.29, 0.717) is 17.6 Å². The highest BCUT2D eigenvalue weighted by molar-refractivity contribution is 7.15. The first-order valence-corrected chi connectivity index (χ1v) is 11.2. The summed E-state index contributed by atoms with van der Waals surface area (Å²) in [6.07, 6.45) is 8.84. The molecule has 2 N–H and O–H groups in total. The van der Waals surface area contributed by atoms with E-state index in [1.165, 1.54) is 10.6 Å². The first kappa shape index (κ1) is 20.3. The topological polar surface area (TPSA) is 88.0 Å². The Balaban J connectivity index is 1.31. The first-order chi connectivity index (χ1) is 14.6. The molecule has 1 aliphatic rings. The number of carbonyl (C=O) groups excluding carboxylic acids is 1. The number of hydrogen-bond acceptors (Lipinski definition) is 6. The second kappa shape index (κ2) is 9.25. The molecule has 3 aromatic heterocycles. The van der Waals surface area contributed by atoms with E-state index in [0.717, 1.165) is 43.9 Å². The molecule has 8 nitrogen and oxygen atoms in total. The summed E-state index contributed by atoms with van der Waals surface area (Å²) in [6.45, 7) is 6.61. The van der Waals surface area contributed by atoms with Crippen molar-refractivity contribution in [2.45, 2.75) is 33.1 Å². The van der Waals surface area contributed by atoms with Gasteiger partial charge in [0.1, 0.15) is 0 Å². The van der Waals surface area contributed by atoms with Crippen molar-refractivity contribution in [2.75, 3.05) is 29.9 Å². The fourth-order valence-electron chi connectivity index (χ4n) is 3.83. The molecular formula is C21H27N7OS. The highest BCUT2D eigenvalue weighted by Gasteiger charge is 2.22. The normalized spacial score (nSPS) is 14.7. The molecule has 0 bridgehead atoms. The molecule has 0 spiro atoms. The zero-order chi connectivity index (χ0) is 20.9. The monoisotopic (exact) mass is 425 g/mol. The zero-order valence-corrected chi connectivity index (χ0v) is 18.2. The van der Waals surface area contributed by atoms with Crippen molar-refractivity contribution in [2.24, 2.45) is 5.92 Å². The Morgan fingerprint density at radius 3 is 2.83 bits per heavy atom. The SMILES string of the molecule is CCNC(=O)Nc1ncc(CC2CCN(c3ccc(-n4cccn4)nc3C)CC2)s1. The van der Waals surface area contributed by atoms with Crippen LogP contribution in [0.25, 0.3) is 5.82 Å². The Hall–Kier alpha value is -2.94. The van der Waals surface area contributed by atoms with Crippen molar-refractivity contribution < 1.29 is 4.79 Å². The van der Waals surface area contributed by atoms with Crippen LogP contribution < -0.4 is 15.5 Å². The Morgan fingerprint density at radius 1 is 1.30 bits per heavy atom. The number of anilines is 2. The van der Waals surface area contributed by atoms with Crippen molar-refractivity contribution in [1.82, 2.24) is 25.1 Å². The van der Waals surface area contributed by atoms with Gasteiger partial charge in [0, 0.05) is 43.1 Å². The predicted molar refractivity (Wildman–Crippen MR) is 120 cm³/mol. The van der Waals surface area contributed by atoms with Crippen molar-refractivity contribution in [3.8, 4) is 5.82 Å². The van der Waals surface area contributed by atoms with Gasteiger partial charge in [0.2, 0.25) is 0 Å². The molecule has 1 fully saturated rings. The number of rotatable bonds is 6. The maximum absolute atomic E-state index is 11.6. The number of aromatic nitrogens is 4. The molecule has 2 amide bonds. The van der Waals surface area contributed by atoms with E-state index < -0.39 is 0 Å². The minimum Gasteiger partial charge on any atom is -0.370 e. The molecule has 1 aliphatic heterocycles. The highest BCUT2D eigenvalue weighted by atomic mass is 32.1. The molecule has 0 atom stereocenters. The van der Waals surface area contributed by atoms with Gasteiger partial charge < -0.3 is 10.2 Å². The average molecular weight is 426 g/mol. The van der Waals surface area contributed by atoms with Crippen molar-refractivity contribution in [1.29, 1.82) is 0 Å². The maximum Gasteiger partial charge on any atom is 0.321 e. The molecule has 4 rings (SSSR count). The van der Waals surface area contributed by atoms with Crippen LogP contribution >= 0.6 is 11.3 Å². The molecular weight excluding hydrogens is 398 g/mol. The molecule has 3 aromatic rings. The van der Waals surface area contributed by atoms with Crippen LogP contribution in [0.4, 0.5) is 15.6 Å². The second-order valence-electron chi connectivity index (χ2n) is 7.48. The number of pyridine rings is 1. The van der Waals surface area contributed by atoms with Gasteiger partial charge in [-0.2, -0.15) is 5.10 Å². The van der Waals surface area contributed by atoms with E-state index in [-0.39, 0.29) is 6.03 Å². The number of piperidine rings is 1.